The van der Waals surface area contributed by atoms with E-state index in [2.05, 4.69) is 163 Å². The number of hydrogen-bond acceptors (Lipinski definition) is 4. The first-order valence-electron chi connectivity index (χ1n) is 16.8. The van der Waals surface area contributed by atoms with Gasteiger partial charge in [0.05, 0.1) is 11.1 Å². The van der Waals surface area contributed by atoms with Crippen LogP contribution in [0.25, 0.3) is 85.9 Å². The summed E-state index contributed by atoms with van der Waals surface area (Å²) in [6.45, 7) is 0. The minimum Gasteiger partial charge on any atom is -0.455 e. The van der Waals surface area contributed by atoms with Crippen molar-refractivity contribution in [2.45, 2.75) is 0 Å². The van der Waals surface area contributed by atoms with E-state index in [1.165, 1.54) is 20.2 Å². The number of nitrogens with zero attached hydrogens (tertiary/aromatic N) is 1. The molecule has 0 unspecified atom stereocenters. The molecule has 11 aromatic rings. The molecule has 0 N–H and O–H groups in total. The van der Waals surface area contributed by atoms with Gasteiger partial charge < -0.3 is 13.7 Å². The molecule has 0 saturated heterocycles. The Hall–Kier alpha value is -6.36. The van der Waals surface area contributed by atoms with Crippen molar-refractivity contribution in [3.8, 4) is 11.1 Å². The Labute approximate surface area is 290 Å². The highest BCUT2D eigenvalue weighted by atomic mass is 32.1. The van der Waals surface area contributed by atoms with Gasteiger partial charge in [-0.2, -0.15) is 0 Å². The molecular weight excluding hydrogens is 631 g/mol. The Morgan fingerprint density at radius 2 is 1.10 bits per heavy atom. The van der Waals surface area contributed by atoms with Crippen LogP contribution < -0.4 is 4.90 Å². The first-order valence-corrected chi connectivity index (χ1v) is 17.7. The van der Waals surface area contributed by atoms with E-state index < -0.39 is 0 Å². The standard InChI is InChI=1S/C46H27NO2S/c1-3-14-30(15-4-1)47(31-16-5-2-6-17-31)38-25-29(26-40-42(38)35-24-23-28-13-7-8-18-32(28)44(35)49-40)36-27-37-33-19-10-12-22-41(33)50-46(37)43-34-20-9-11-21-39(34)48-45(36)43/h1-27H. The van der Waals surface area contributed by atoms with Crippen molar-refractivity contribution in [2.24, 2.45) is 0 Å². The average molecular weight is 658 g/mol. The average Bonchev–Trinajstić information content (AvgIpc) is 3.87. The van der Waals surface area contributed by atoms with Gasteiger partial charge in [-0.15, -0.1) is 11.3 Å². The maximum absolute atomic E-state index is 6.95. The lowest BCUT2D eigenvalue weighted by molar-refractivity contribution is 0.670. The van der Waals surface area contributed by atoms with E-state index in [9.17, 15) is 0 Å². The summed E-state index contributed by atoms with van der Waals surface area (Å²) in [6, 6.07) is 58.1. The van der Waals surface area contributed by atoms with Gasteiger partial charge in [0.25, 0.3) is 0 Å². The van der Waals surface area contributed by atoms with Gasteiger partial charge in [0.2, 0.25) is 0 Å². The van der Waals surface area contributed by atoms with Gasteiger partial charge in [-0.1, -0.05) is 103 Å². The van der Waals surface area contributed by atoms with E-state index in [0.717, 1.165) is 82.8 Å². The van der Waals surface area contributed by atoms with Crippen LogP contribution in [0.2, 0.25) is 0 Å². The third kappa shape index (κ3) is 3.97. The van der Waals surface area contributed by atoms with Crippen molar-refractivity contribution in [2.75, 3.05) is 4.90 Å². The molecule has 3 nitrogen and oxygen atoms in total. The molecule has 3 aromatic heterocycles. The van der Waals surface area contributed by atoms with E-state index in [0.29, 0.717) is 0 Å². The Morgan fingerprint density at radius 3 is 1.90 bits per heavy atom. The largest absolute Gasteiger partial charge is 0.455 e. The number of fused-ring (bicyclic) bond motifs is 12. The van der Waals surface area contributed by atoms with Crippen LogP contribution in [0, 0.1) is 0 Å². The maximum atomic E-state index is 6.95. The third-order valence-corrected chi connectivity index (χ3v) is 11.2. The summed E-state index contributed by atoms with van der Waals surface area (Å²) >= 11 is 1.84. The smallest absolute Gasteiger partial charge is 0.144 e. The minimum atomic E-state index is 0.834. The molecule has 50 heavy (non-hydrogen) atoms. The fourth-order valence-corrected chi connectivity index (χ4v) is 9.04. The number of thiophene rings is 1. The predicted molar refractivity (Wildman–Crippen MR) is 212 cm³/mol. The van der Waals surface area contributed by atoms with Gasteiger partial charge in [-0.25, -0.2) is 0 Å². The van der Waals surface area contributed by atoms with Crippen molar-refractivity contribution in [3.05, 3.63) is 164 Å². The van der Waals surface area contributed by atoms with E-state index >= 15 is 0 Å². The van der Waals surface area contributed by atoms with Gasteiger partial charge in [0.15, 0.2) is 0 Å². The lowest BCUT2D eigenvalue weighted by atomic mass is 9.96. The summed E-state index contributed by atoms with van der Waals surface area (Å²) < 4.78 is 16.3. The molecule has 0 fully saturated rings. The molecule has 234 valence electrons. The Morgan fingerprint density at radius 1 is 0.440 bits per heavy atom. The zero-order valence-electron chi connectivity index (χ0n) is 26.8. The van der Waals surface area contributed by atoms with Crippen molar-refractivity contribution in [1.82, 2.24) is 0 Å². The van der Waals surface area contributed by atoms with Gasteiger partial charge in [0, 0.05) is 58.7 Å². The van der Waals surface area contributed by atoms with Crippen LogP contribution >= 0.6 is 11.3 Å². The maximum Gasteiger partial charge on any atom is 0.144 e. The molecule has 0 aliphatic carbocycles. The third-order valence-electron chi connectivity index (χ3n) is 10.0. The molecular formula is C46H27NO2S. The van der Waals surface area contributed by atoms with E-state index in [1.807, 2.05) is 17.4 Å². The molecule has 0 spiro atoms. The minimum absolute atomic E-state index is 0.834. The summed E-state index contributed by atoms with van der Waals surface area (Å²) in [6.07, 6.45) is 0. The molecule has 8 aromatic carbocycles. The first kappa shape index (κ1) is 27.6. The molecule has 0 amide bonds. The first-order chi connectivity index (χ1) is 24.8. The fourth-order valence-electron chi connectivity index (χ4n) is 7.80. The predicted octanol–water partition coefficient (Wildman–Crippen LogP) is 14.1. The second kappa shape index (κ2) is 10.6. The van der Waals surface area contributed by atoms with Crippen LogP contribution in [0.3, 0.4) is 0 Å². The molecule has 0 aliphatic heterocycles. The normalized spacial score (nSPS) is 12.0. The van der Waals surface area contributed by atoms with E-state index in [4.69, 9.17) is 8.83 Å². The summed E-state index contributed by atoms with van der Waals surface area (Å²) in [5.41, 5.74) is 8.77. The monoisotopic (exact) mass is 657 g/mol. The number of hydrogen-bond donors (Lipinski definition) is 0. The zero-order chi connectivity index (χ0) is 32.8. The molecule has 0 saturated carbocycles. The number of anilines is 3. The second-order valence-corrected chi connectivity index (χ2v) is 13.9. The molecule has 0 aliphatic rings. The van der Waals surface area contributed by atoms with Crippen molar-refractivity contribution < 1.29 is 8.83 Å². The van der Waals surface area contributed by atoms with Gasteiger partial charge >= 0.3 is 0 Å². The topological polar surface area (TPSA) is 29.5 Å². The van der Waals surface area contributed by atoms with Crippen molar-refractivity contribution in [1.29, 1.82) is 0 Å². The van der Waals surface area contributed by atoms with Crippen LogP contribution in [-0.2, 0) is 0 Å². The zero-order valence-corrected chi connectivity index (χ0v) is 27.6. The molecule has 4 heteroatoms. The second-order valence-electron chi connectivity index (χ2n) is 12.8. The van der Waals surface area contributed by atoms with E-state index in [1.54, 1.807) is 0 Å². The number of benzene rings is 8. The van der Waals surface area contributed by atoms with Crippen LogP contribution in [-0.4, -0.2) is 0 Å². The van der Waals surface area contributed by atoms with Crippen LogP contribution in [0.15, 0.2) is 173 Å². The fraction of sp³-hybridized carbons (Fsp3) is 0. The highest BCUT2D eigenvalue weighted by Gasteiger charge is 2.25. The lowest BCUT2D eigenvalue weighted by Gasteiger charge is -2.26. The highest BCUT2D eigenvalue weighted by molar-refractivity contribution is 7.26. The van der Waals surface area contributed by atoms with Gasteiger partial charge in [-0.3, -0.25) is 0 Å². The van der Waals surface area contributed by atoms with Crippen LogP contribution in [0.4, 0.5) is 17.1 Å². The van der Waals surface area contributed by atoms with Crippen molar-refractivity contribution in [3.63, 3.8) is 0 Å². The quantitative estimate of drug-likeness (QED) is 0.189. The summed E-state index contributed by atoms with van der Waals surface area (Å²) in [4.78, 5) is 2.35. The van der Waals surface area contributed by atoms with Crippen LogP contribution in [0.1, 0.15) is 0 Å². The van der Waals surface area contributed by atoms with Gasteiger partial charge in [-0.05, 0) is 71.6 Å². The van der Waals surface area contributed by atoms with Crippen LogP contribution in [0.5, 0.6) is 0 Å². The lowest BCUT2D eigenvalue weighted by Crippen LogP contribution is -2.10. The summed E-state index contributed by atoms with van der Waals surface area (Å²) in [5.74, 6) is 0. The number of furan rings is 2. The number of rotatable bonds is 4. The molecule has 11 rings (SSSR count). The van der Waals surface area contributed by atoms with E-state index in [-0.39, 0.29) is 0 Å². The van der Waals surface area contributed by atoms with Crippen molar-refractivity contribution >= 4 is 103 Å². The summed E-state index contributed by atoms with van der Waals surface area (Å²) in [5, 5.41) is 9.21. The Bertz CT molecular complexity index is 3060. The Balaban J connectivity index is 1.31. The van der Waals surface area contributed by atoms with Gasteiger partial charge in [0.1, 0.15) is 22.3 Å². The SMILES string of the molecule is c1ccc(N(c2ccccc2)c2cc(-c3cc4c5ccccc5sc4c4c3oc3ccccc34)cc3oc4c5ccccc5ccc4c23)cc1. The highest BCUT2D eigenvalue weighted by Crippen LogP contribution is 2.50. The summed E-state index contributed by atoms with van der Waals surface area (Å²) in [7, 11) is 0. The molecule has 0 atom stereocenters. The molecule has 0 radical (unpaired) electrons. The molecule has 0 bridgehead atoms. The Kier molecular flexibility index (Phi) is 5.83. The number of para-hydroxylation sites is 3. The molecule has 3 heterocycles.